The van der Waals surface area contributed by atoms with Gasteiger partial charge in [0.05, 0.1) is 18.2 Å². The summed E-state index contributed by atoms with van der Waals surface area (Å²) in [7, 11) is 1.68. The smallest absolute Gasteiger partial charge is 0.234 e. The van der Waals surface area contributed by atoms with Crippen LogP contribution in [0.2, 0.25) is 5.02 Å². The van der Waals surface area contributed by atoms with Gasteiger partial charge in [-0.05, 0) is 87.0 Å². The number of hydrogen-bond donors (Lipinski definition) is 4. The van der Waals surface area contributed by atoms with Gasteiger partial charge in [-0.3, -0.25) is 14.5 Å². The number of fused-ring (bicyclic) bond motifs is 1. The molecule has 0 bridgehead atoms. The Morgan fingerprint density at radius 1 is 1.20 bits per heavy atom. The molecular weight excluding hydrogens is 526 g/mol. The number of nitrogens with zero attached hydrogens (tertiary/aromatic N) is 3. The summed E-state index contributed by atoms with van der Waals surface area (Å²) in [4.78, 5) is 35.4. The molecule has 0 saturated carbocycles. The molecular formula is C30H36ClN7O2. The van der Waals surface area contributed by atoms with Crippen molar-refractivity contribution in [2.24, 2.45) is 0 Å². The molecule has 1 fully saturated rings. The number of carbonyl (C=O) groups excluding carboxylic acids is 2. The predicted octanol–water partition coefficient (Wildman–Crippen LogP) is 4.95. The summed E-state index contributed by atoms with van der Waals surface area (Å²) < 4.78 is 0. The van der Waals surface area contributed by atoms with Crippen LogP contribution in [0, 0.1) is 6.92 Å². The second-order valence-electron chi connectivity index (χ2n) is 11.1. The molecule has 40 heavy (non-hydrogen) atoms. The summed E-state index contributed by atoms with van der Waals surface area (Å²) in [5.41, 5.74) is 5.59. The largest absolute Gasteiger partial charge is 0.365 e. The van der Waals surface area contributed by atoms with Crippen LogP contribution in [0.3, 0.4) is 0 Å². The van der Waals surface area contributed by atoms with Gasteiger partial charge in [0, 0.05) is 25.0 Å². The molecule has 4 N–H and O–H groups in total. The highest BCUT2D eigenvalue weighted by Crippen LogP contribution is 2.40. The number of carbonyl (C=O) groups is 2. The van der Waals surface area contributed by atoms with E-state index in [0.717, 1.165) is 54.0 Å². The molecule has 0 unspecified atom stereocenters. The van der Waals surface area contributed by atoms with Crippen LogP contribution in [0.25, 0.3) is 0 Å². The van der Waals surface area contributed by atoms with E-state index >= 15 is 0 Å². The van der Waals surface area contributed by atoms with Crippen molar-refractivity contribution in [3.8, 4) is 0 Å². The zero-order chi connectivity index (χ0) is 28.4. The molecule has 10 heteroatoms. The van der Waals surface area contributed by atoms with E-state index < -0.39 is 5.41 Å². The fourth-order valence-electron chi connectivity index (χ4n) is 5.62. The minimum absolute atomic E-state index is 0.00522. The Morgan fingerprint density at radius 3 is 2.70 bits per heavy atom. The summed E-state index contributed by atoms with van der Waals surface area (Å²) in [6.07, 6.45) is 3.65. The lowest BCUT2D eigenvalue weighted by atomic mass is 9.83. The second-order valence-corrected chi connectivity index (χ2v) is 11.5. The first-order valence-corrected chi connectivity index (χ1v) is 14.0. The Bertz CT molecular complexity index is 1430. The summed E-state index contributed by atoms with van der Waals surface area (Å²) in [6.45, 7) is 8.71. The summed E-state index contributed by atoms with van der Waals surface area (Å²) in [5, 5.41) is 12.8. The van der Waals surface area contributed by atoms with Crippen LogP contribution in [-0.4, -0.2) is 53.4 Å². The van der Waals surface area contributed by atoms with Crippen LogP contribution >= 0.6 is 11.6 Å². The number of amides is 2. The molecule has 3 aromatic rings. The molecule has 2 aliphatic rings. The first-order chi connectivity index (χ1) is 19.2. The van der Waals surface area contributed by atoms with Gasteiger partial charge >= 0.3 is 0 Å². The van der Waals surface area contributed by atoms with Crippen LogP contribution in [0.15, 0.2) is 42.6 Å². The van der Waals surface area contributed by atoms with Gasteiger partial charge in [-0.15, -0.1) is 0 Å². The number of nitrogens with one attached hydrogen (secondary N) is 4. The van der Waals surface area contributed by atoms with Gasteiger partial charge in [0.25, 0.3) is 0 Å². The van der Waals surface area contributed by atoms with Gasteiger partial charge < -0.3 is 21.3 Å². The van der Waals surface area contributed by atoms with E-state index in [2.05, 4.69) is 61.3 Å². The number of halogens is 1. The van der Waals surface area contributed by atoms with Gasteiger partial charge in [0.15, 0.2) is 5.82 Å². The molecule has 1 saturated heterocycles. The van der Waals surface area contributed by atoms with Gasteiger partial charge in [0.2, 0.25) is 17.8 Å². The maximum Gasteiger partial charge on any atom is 0.234 e. The molecule has 9 nitrogen and oxygen atoms in total. The molecule has 2 amide bonds. The summed E-state index contributed by atoms with van der Waals surface area (Å²) >= 11 is 6.44. The van der Waals surface area contributed by atoms with Gasteiger partial charge in [-0.2, -0.15) is 4.98 Å². The number of likely N-dealkylation sites (tertiary alicyclic amines) is 1. The average molecular weight is 562 g/mol. The molecule has 210 valence electrons. The minimum Gasteiger partial charge on any atom is -0.365 e. The van der Waals surface area contributed by atoms with Crippen LogP contribution in [0.4, 0.5) is 23.1 Å². The number of anilines is 4. The van der Waals surface area contributed by atoms with Crippen molar-refractivity contribution in [3.05, 3.63) is 69.9 Å². The van der Waals surface area contributed by atoms with Gasteiger partial charge in [0.1, 0.15) is 5.02 Å². The number of aromatic nitrogens is 2. The van der Waals surface area contributed by atoms with Crippen molar-refractivity contribution in [1.29, 1.82) is 0 Å². The fourth-order valence-corrected chi connectivity index (χ4v) is 5.78. The second kappa shape index (κ2) is 11.4. The highest BCUT2D eigenvalue weighted by Gasteiger charge is 2.39. The Morgan fingerprint density at radius 2 is 1.98 bits per heavy atom. The molecule has 2 aliphatic heterocycles. The summed E-state index contributed by atoms with van der Waals surface area (Å²) in [5.74, 6) is 1.50. The fraction of sp³-hybridized carbons (Fsp3) is 0.400. The molecule has 1 aromatic heterocycles. The highest BCUT2D eigenvalue weighted by atomic mass is 35.5. The van der Waals surface area contributed by atoms with E-state index in [1.54, 1.807) is 13.2 Å². The quantitative estimate of drug-likeness (QED) is 0.308. The van der Waals surface area contributed by atoms with Crippen molar-refractivity contribution in [2.45, 2.75) is 51.5 Å². The van der Waals surface area contributed by atoms with E-state index in [-0.39, 0.29) is 11.8 Å². The van der Waals surface area contributed by atoms with Gasteiger partial charge in [-0.1, -0.05) is 35.9 Å². The van der Waals surface area contributed by atoms with Crippen LogP contribution in [0.1, 0.15) is 54.9 Å². The number of likely N-dealkylation sites (N-methyl/N-ethyl adjacent to an activating group) is 1. The summed E-state index contributed by atoms with van der Waals surface area (Å²) in [6, 6.07) is 12.3. The maximum atomic E-state index is 12.5. The molecule has 0 spiro atoms. The Hall–Kier alpha value is -3.69. The van der Waals surface area contributed by atoms with Crippen LogP contribution in [-0.2, 0) is 21.5 Å². The highest BCUT2D eigenvalue weighted by molar-refractivity contribution is 6.32. The third-order valence-electron chi connectivity index (χ3n) is 7.98. The lowest BCUT2D eigenvalue weighted by molar-refractivity contribution is -0.122. The SMILES string of the molecule is CNC(=O)CN1CCC(c2ccc(Nc3ncc(Cl)c(NCc4cccc5c4C(C)(C)C(=O)N5)n3)c(C)c2)CC1. The standard InChI is InChI=1S/C30H36ClN7O2/c1-18-14-20(19-10-12-38(13-11-19)17-25(39)32-4)8-9-23(18)36-29-34-16-22(31)27(37-29)33-15-21-6-5-7-24-26(21)30(2,3)28(40)35-24/h5-9,14,16,19H,10-13,15,17H2,1-4H3,(H,32,39)(H,35,40)(H2,33,34,36,37). The zero-order valence-electron chi connectivity index (χ0n) is 23.4. The maximum absolute atomic E-state index is 12.5. The molecule has 0 radical (unpaired) electrons. The first-order valence-electron chi connectivity index (χ1n) is 13.7. The average Bonchev–Trinajstić information content (AvgIpc) is 3.18. The lowest BCUT2D eigenvalue weighted by Crippen LogP contribution is -2.40. The third kappa shape index (κ3) is 5.76. The van der Waals surface area contributed by atoms with Crippen molar-refractivity contribution in [2.75, 3.05) is 42.6 Å². The van der Waals surface area contributed by atoms with Gasteiger partial charge in [-0.25, -0.2) is 4.98 Å². The molecule has 0 atom stereocenters. The normalized spacial score (nSPS) is 16.8. The monoisotopic (exact) mass is 561 g/mol. The topological polar surface area (TPSA) is 111 Å². The Balaban J connectivity index is 1.24. The van der Waals surface area contributed by atoms with Crippen molar-refractivity contribution >= 4 is 46.6 Å². The van der Waals surface area contributed by atoms with Crippen molar-refractivity contribution in [3.63, 3.8) is 0 Å². The van der Waals surface area contributed by atoms with Crippen molar-refractivity contribution in [1.82, 2.24) is 20.2 Å². The molecule has 3 heterocycles. The molecule has 2 aromatic carbocycles. The predicted molar refractivity (Wildman–Crippen MR) is 159 cm³/mol. The van der Waals surface area contributed by atoms with E-state index in [1.165, 1.54) is 5.56 Å². The lowest BCUT2D eigenvalue weighted by Gasteiger charge is -2.31. The number of piperidine rings is 1. The molecule has 0 aliphatic carbocycles. The number of rotatable bonds is 8. The third-order valence-corrected chi connectivity index (χ3v) is 8.26. The van der Waals surface area contributed by atoms with E-state index in [9.17, 15) is 9.59 Å². The van der Waals surface area contributed by atoms with E-state index in [0.29, 0.717) is 35.8 Å². The zero-order valence-corrected chi connectivity index (χ0v) is 24.2. The first kappa shape index (κ1) is 27.9. The molecule has 5 rings (SSSR count). The number of hydrogen-bond acceptors (Lipinski definition) is 7. The number of aryl methyl sites for hydroxylation is 1. The number of benzene rings is 2. The van der Waals surface area contributed by atoms with E-state index in [4.69, 9.17) is 11.6 Å². The van der Waals surface area contributed by atoms with Crippen molar-refractivity contribution < 1.29 is 9.59 Å². The minimum atomic E-state index is -0.609. The van der Waals surface area contributed by atoms with Crippen LogP contribution in [0.5, 0.6) is 0 Å². The van der Waals surface area contributed by atoms with Crippen LogP contribution < -0.4 is 21.3 Å². The Kier molecular flexibility index (Phi) is 7.96. The van der Waals surface area contributed by atoms with E-state index in [1.807, 2.05) is 32.0 Å². The Labute approximate surface area is 240 Å².